The number of benzene rings is 2. The smallest absolute Gasteiger partial charge is 0.386 e. The number of carbonyl (C=O) groups is 3. The first-order chi connectivity index (χ1) is 20.4. The largest absolute Gasteiger partial charge is 0.491 e. The van der Waals surface area contributed by atoms with Gasteiger partial charge in [0.25, 0.3) is 11.5 Å². The molecule has 1 aliphatic carbocycles. The van der Waals surface area contributed by atoms with Gasteiger partial charge >= 0.3 is 18.1 Å². The van der Waals surface area contributed by atoms with E-state index in [0.29, 0.717) is 29.9 Å². The summed E-state index contributed by atoms with van der Waals surface area (Å²) in [5.41, 5.74) is 5.54. The van der Waals surface area contributed by atoms with Gasteiger partial charge < -0.3 is 26.1 Å². The Morgan fingerprint density at radius 1 is 1.07 bits per heavy atom. The average molecular weight is 606 g/mol. The number of halogens is 4. The number of aromatic nitrogens is 1. The van der Waals surface area contributed by atoms with E-state index in [1.807, 2.05) is 0 Å². The van der Waals surface area contributed by atoms with Crippen molar-refractivity contribution in [1.82, 2.24) is 9.88 Å². The summed E-state index contributed by atoms with van der Waals surface area (Å²) in [6.07, 6.45) is -0.496. The summed E-state index contributed by atoms with van der Waals surface area (Å²) < 4.78 is 56.2. The van der Waals surface area contributed by atoms with Crippen LogP contribution in [0, 0.1) is 5.82 Å². The minimum Gasteiger partial charge on any atom is -0.386 e. The van der Waals surface area contributed by atoms with Crippen molar-refractivity contribution in [3.8, 4) is 0 Å². The SMILES string of the molecule is CNc1cc(F)cc2cc(C(=O)Nc3ccc(C(=O)OC(=O)C(F)(F)F)cc3CN(CCN)C3CCCCC3)c(=O)[nH]c12. The maximum Gasteiger partial charge on any atom is 0.491 e. The van der Waals surface area contributed by atoms with Crippen molar-refractivity contribution in [2.75, 3.05) is 30.8 Å². The number of anilines is 2. The fourth-order valence-electron chi connectivity index (χ4n) is 5.23. The van der Waals surface area contributed by atoms with E-state index in [4.69, 9.17) is 5.73 Å². The van der Waals surface area contributed by atoms with Crippen LogP contribution >= 0.6 is 0 Å². The highest BCUT2D eigenvalue weighted by atomic mass is 19.4. The van der Waals surface area contributed by atoms with Crippen LogP contribution in [-0.2, 0) is 16.1 Å². The zero-order valence-electron chi connectivity index (χ0n) is 23.3. The Kier molecular flexibility index (Phi) is 9.81. The van der Waals surface area contributed by atoms with Crippen molar-refractivity contribution in [2.24, 2.45) is 5.73 Å². The molecule has 1 heterocycles. The summed E-state index contributed by atoms with van der Waals surface area (Å²) in [5, 5.41) is 5.67. The number of pyridine rings is 1. The molecule has 0 unspecified atom stereocenters. The molecule has 43 heavy (non-hydrogen) atoms. The number of H-pyrrole nitrogens is 1. The maximum atomic E-state index is 14.1. The Balaban J connectivity index is 1.70. The highest BCUT2D eigenvalue weighted by Crippen LogP contribution is 2.28. The van der Waals surface area contributed by atoms with E-state index in [-0.39, 0.29) is 34.8 Å². The molecule has 1 fully saturated rings. The molecule has 4 rings (SSSR count). The third-order valence-corrected chi connectivity index (χ3v) is 7.32. The van der Waals surface area contributed by atoms with Crippen LogP contribution < -0.4 is 21.9 Å². The molecule has 0 bridgehead atoms. The highest BCUT2D eigenvalue weighted by molar-refractivity contribution is 6.07. The van der Waals surface area contributed by atoms with E-state index in [1.165, 1.54) is 24.3 Å². The van der Waals surface area contributed by atoms with Crippen molar-refractivity contribution in [2.45, 2.75) is 50.9 Å². The number of esters is 2. The third-order valence-electron chi connectivity index (χ3n) is 7.32. The number of hydrogen-bond donors (Lipinski definition) is 4. The van der Waals surface area contributed by atoms with E-state index < -0.39 is 35.4 Å². The van der Waals surface area contributed by atoms with Crippen molar-refractivity contribution < 1.29 is 36.7 Å². The minimum atomic E-state index is -5.37. The summed E-state index contributed by atoms with van der Waals surface area (Å²) in [7, 11) is 1.55. The number of hydrogen-bond acceptors (Lipinski definition) is 8. The van der Waals surface area contributed by atoms with Gasteiger partial charge in [-0.3, -0.25) is 14.5 Å². The van der Waals surface area contributed by atoms with Crippen LogP contribution in [0.25, 0.3) is 10.9 Å². The lowest BCUT2D eigenvalue weighted by atomic mass is 9.93. The molecule has 2 aromatic carbocycles. The molecule has 0 atom stereocenters. The van der Waals surface area contributed by atoms with Gasteiger partial charge in [-0.05, 0) is 54.8 Å². The summed E-state index contributed by atoms with van der Waals surface area (Å²) in [6, 6.07) is 7.33. The van der Waals surface area contributed by atoms with Crippen LogP contribution in [0.3, 0.4) is 0 Å². The van der Waals surface area contributed by atoms with Gasteiger partial charge in [-0.2, -0.15) is 13.2 Å². The fourth-order valence-corrected chi connectivity index (χ4v) is 5.23. The van der Waals surface area contributed by atoms with Gasteiger partial charge in [-0.15, -0.1) is 0 Å². The van der Waals surface area contributed by atoms with E-state index in [1.54, 1.807) is 7.05 Å². The van der Waals surface area contributed by atoms with Gasteiger partial charge in [0.1, 0.15) is 11.4 Å². The molecule has 1 amide bonds. The molecular formula is C29H31F4N5O5. The number of ether oxygens (including phenoxy) is 1. The Labute approximate surface area is 243 Å². The first-order valence-electron chi connectivity index (χ1n) is 13.7. The van der Waals surface area contributed by atoms with E-state index in [2.05, 4.69) is 25.3 Å². The zero-order chi connectivity index (χ0) is 31.3. The third kappa shape index (κ3) is 7.56. The molecule has 0 spiro atoms. The number of amides is 1. The first-order valence-corrected chi connectivity index (χ1v) is 13.7. The number of nitrogens with zero attached hydrogens (tertiary/aromatic N) is 1. The standard InChI is InChI=1S/C29H31F4N5O5/c1-35-23-14-19(30)12-17-13-21(26(40)37-24(17)23)25(39)36-22-8-7-16(27(41)43-28(42)29(31,32)33)11-18(22)15-38(10-9-34)20-5-3-2-4-6-20/h7-8,11-14,20,35H,2-6,9-10,15,34H2,1H3,(H,36,39)(H,37,40). The number of rotatable bonds is 9. The van der Waals surface area contributed by atoms with Crippen LogP contribution in [0.15, 0.2) is 41.2 Å². The molecular weight excluding hydrogens is 574 g/mol. The number of nitrogens with one attached hydrogen (secondary N) is 3. The Morgan fingerprint density at radius 3 is 2.44 bits per heavy atom. The number of fused-ring (bicyclic) bond motifs is 1. The minimum absolute atomic E-state index is 0.142. The van der Waals surface area contributed by atoms with Crippen LogP contribution in [0.5, 0.6) is 0 Å². The molecule has 1 aliphatic rings. The van der Waals surface area contributed by atoms with Gasteiger partial charge in [-0.1, -0.05) is 19.3 Å². The molecule has 14 heteroatoms. The second kappa shape index (κ2) is 13.3. The van der Waals surface area contributed by atoms with Gasteiger partial charge in [-0.25, -0.2) is 14.0 Å². The number of alkyl halides is 3. The molecule has 0 radical (unpaired) electrons. The van der Waals surface area contributed by atoms with E-state index >= 15 is 0 Å². The Bertz CT molecular complexity index is 1580. The van der Waals surface area contributed by atoms with Gasteiger partial charge in [0.15, 0.2) is 0 Å². The second-order valence-electron chi connectivity index (χ2n) is 10.2. The van der Waals surface area contributed by atoms with Crippen molar-refractivity contribution in [3.63, 3.8) is 0 Å². The molecule has 1 saturated carbocycles. The topological polar surface area (TPSA) is 147 Å². The lowest BCUT2D eigenvalue weighted by Gasteiger charge is -2.34. The average Bonchev–Trinajstić information content (AvgIpc) is 2.97. The van der Waals surface area contributed by atoms with Crippen molar-refractivity contribution in [3.05, 3.63) is 69.3 Å². The Morgan fingerprint density at radius 2 is 1.79 bits per heavy atom. The molecule has 5 N–H and O–H groups in total. The Hall–Kier alpha value is -4.30. The monoisotopic (exact) mass is 605 g/mol. The molecule has 1 aromatic heterocycles. The quantitative estimate of drug-likeness (QED) is 0.160. The lowest BCUT2D eigenvalue weighted by Crippen LogP contribution is -2.39. The van der Waals surface area contributed by atoms with Gasteiger partial charge in [0, 0.05) is 43.8 Å². The second-order valence-corrected chi connectivity index (χ2v) is 10.2. The van der Waals surface area contributed by atoms with Crippen LogP contribution in [-0.4, -0.2) is 60.1 Å². The van der Waals surface area contributed by atoms with E-state index in [9.17, 15) is 36.7 Å². The summed E-state index contributed by atoms with van der Waals surface area (Å²) in [4.78, 5) is 54.5. The summed E-state index contributed by atoms with van der Waals surface area (Å²) >= 11 is 0. The molecule has 10 nitrogen and oxygen atoms in total. The van der Waals surface area contributed by atoms with Crippen LogP contribution in [0.1, 0.15) is 58.4 Å². The number of carbonyl (C=O) groups excluding carboxylic acids is 3. The molecule has 3 aromatic rings. The normalized spacial score (nSPS) is 14.1. The van der Waals surface area contributed by atoms with Crippen LogP contribution in [0.2, 0.25) is 0 Å². The van der Waals surface area contributed by atoms with Crippen molar-refractivity contribution >= 4 is 40.1 Å². The van der Waals surface area contributed by atoms with Crippen molar-refractivity contribution in [1.29, 1.82) is 0 Å². The molecule has 0 aliphatic heterocycles. The summed E-state index contributed by atoms with van der Waals surface area (Å²) in [5.74, 6) is -5.60. The zero-order valence-corrected chi connectivity index (χ0v) is 23.3. The number of nitrogens with two attached hydrogens (primary N) is 1. The van der Waals surface area contributed by atoms with Crippen LogP contribution in [0.4, 0.5) is 28.9 Å². The molecule has 0 saturated heterocycles. The predicted molar refractivity (Wildman–Crippen MR) is 151 cm³/mol. The lowest BCUT2D eigenvalue weighted by molar-refractivity contribution is -0.193. The van der Waals surface area contributed by atoms with Gasteiger partial charge in [0.2, 0.25) is 0 Å². The van der Waals surface area contributed by atoms with E-state index in [0.717, 1.165) is 44.2 Å². The highest BCUT2D eigenvalue weighted by Gasteiger charge is 2.42. The predicted octanol–water partition coefficient (Wildman–Crippen LogP) is 4.30. The van der Waals surface area contributed by atoms with Gasteiger partial charge in [0.05, 0.1) is 16.8 Å². The summed E-state index contributed by atoms with van der Waals surface area (Å²) in [6.45, 7) is 0.914. The maximum absolute atomic E-state index is 14.1. The fraction of sp³-hybridized carbons (Fsp3) is 0.379. The first kappa shape index (κ1) is 31.6. The number of aromatic amines is 1. The molecule has 230 valence electrons.